The number of aromatic nitrogens is 2. The summed E-state index contributed by atoms with van der Waals surface area (Å²) in [6.45, 7) is 0. The van der Waals surface area contributed by atoms with Gasteiger partial charge in [-0.05, 0) is 23.3 Å². The molecule has 2 aromatic carbocycles. The normalized spacial score (nSPS) is 11.8. The summed E-state index contributed by atoms with van der Waals surface area (Å²) in [5.74, 6) is 1.51. The van der Waals surface area contributed by atoms with Gasteiger partial charge in [0.25, 0.3) is 0 Å². The number of hydrogen-bond donors (Lipinski definition) is 1. The first-order chi connectivity index (χ1) is 12.2. The summed E-state index contributed by atoms with van der Waals surface area (Å²) < 4.78 is 7.13. The summed E-state index contributed by atoms with van der Waals surface area (Å²) in [6.07, 6.45) is 3.93. The fourth-order valence-corrected chi connectivity index (χ4v) is 2.74. The van der Waals surface area contributed by atoms with E-state index in [2.05, 4.69) is 10.3 Å². The van der Waals surface area contributed by atoms with Gasteiger partial charge in [0.1, 0.15) is 17.6 Å². The first-order valence-corrected chi connectivity index (χ1v) is 8.12. The van der Waals surface area contributed by atoms with E-state index in [9.17, 15) is 4.79 Å². The highest BCUT2D eigenvalue weighted by Gasteiger charge is 2.20. The fraction of sp³-hybridized carbons (Fsp3) is 0.200. The second-order valence-corrected chi connectivity index (χ2v) is 5.83. The lowest BCUT2D eigenvalue weighted by molar-refractivity contribution is -0.121. The Kier molecular flexibility index (Phi) is 5.14. The Bertz CT molecular complexity index is 826. The van der Waals surface area contributed by atoms with Crippen LogP contribution in [-0.4, -0.2) is 22.6 Å². The highest BCUT2D eigenvalue weighted by molar-refractivity contribution is 5.79. The first-order valence-electron chi connectivity index (χ1n) is 8.12. The molecule has 0 bridgehead atoms. The van der Waals surface area contributed by atoms with E-state index in [0.717, 1.165) is 22.7 Å². The van der Waals surface area contributed by atoms with Crippen LogP contribution >= 0.6 is 0 Å². The molecule has 1 atom stereocenters. The van der Waals surface area contributed by atoms with Crippen molar-refractivity contribution in [2.24, 2.45) is 7.05 Å². The van der Waals surface area contributed by atoms with Crippen LogP contribution in [0, 0.1) is 0 Å². The van der Waals surface area contributed by atoms with E-state index in [0.29, 0.717) is 6.42 Å². The van der Waals surface area contributed by atoms with Crippen molar-refractivity contribution in [1.29, 1.82) is 0 Å². The maximum atomic E-state index is 12.6. The van der Waals surface area contributed by atoms with Gasteiger partial charge in [-0.3, -0.25) is 4.79 Å². The number of nitrogens with zero attached hydrogens (tertiary/aromatic N) is 2. The van der Waals surface area contributed by atoms with Gasteiger partial charge in [-0.1, -0.05) is 42.5 Å². The van der Waals surface area contributed by atoms with Crippen molar-refractivity contribution in [3.63, 3.8) is 0 Å². The highest BCUT2D eigenvalue weighted by atomic mass is 16.5. The van der Waals surface area contributed by atoms with E-state index in [4.69, 9.17) is 4.74 Å². The zero-order valence-electron chi connectivity index (χ0n) is 14.3. The van der Waals surface area contributed by atoms with Crippen LogP contribution in [0.1, 0.15) is 23.0 Å². The number of nitrogens with one attached hydrogen (secondary N) is 1. The molecule has 0 aliphatic carbocycles. The van der Waals surface area contributed by atoms with E-state index in [1.54, 1.807) is 13.3 Å². The van der Waals surface area contributed by atoms with Crippen LogP contribution in [-0.2, 0) is 18.3 Å². The molecule has 128 valence electrons. The van der Waals surface area contributed by atoms with Crippen molar-refractivity contribution in [3.8, 4) is 5.75 Å². The van der Waals surface area contributed by atoms with Crippen LogP contribution in [0.25, 0.3) is 0 Å². The predicted octanol–water partition coefficient (Wildman–Crippen LogP) is 2.88. The number of carbonyl (C=O) groups is 1. The number of rotatable bonds is 6. The topological polar surface area (TPSA) is 56.1 Å². The molecule has 25 heavy (non-hydrogen) atoms. The summed E-state index contributed by atoms with van der Waals surface area (Å²) in [7, 11) is 3.55. The van der Waals surface area contributed by atoms with E-state index >= 15 is 0 Å². The lowest BCUT2D eigenvalue weighted by atomic mass is 10.0. The van der Waals surface area contributed by atoms with Crippen molar-refractivity contribution in [3.05, 3.63) is 83.9 Å². The Morgan fingerprint density at radius 1 is 1.16 bits per heavy atom. The minimum absolute atomic E-state index is 0.0463. The van der Waals surface area contributed by atoms with Crippen LogP contribution < -0.4 is 10.1 Å². The molecule has 0 spiro atoms. The number of aryl methyl sites for hydroxylation is 1. The zero-order chi connectivity index (χ0) is 17.6. The fourth-order valence-electron chi connectivity index (χ4n) is 2.74. The standard InChI is InChI=1S/C20H21N3O2/c1-23-13-12-21-20(23)19(16-8-10-17(25-2)11-9-16)22-18(24)14-15-6-4-3-5-7-15/h3-13,19H,14H2,1-2H3,(H,22,24). The van der Waals surface area contributed by atoms with E-state index in [1.807, 2.05) is 72.4 Å². The number of benzene rings is 2. The quantitative estimate of drug-likeness (QED) is 0.753. The average molecular weight is 335 g/mol. The van der Waals surface area contributed by atoms with Crippen molar-refractivity contribution in [2.45, 2.75) is 12.5 Å². The molecule has 0 saturated heterocycles. The molecular formula is C20H21N3O2. The molecule has 3 aromatic rings. The number of amides is 1. The molecule has 0 fully saturated rings. The summed E-state index contributed by atoms with van der Waals surface area (Å²) in [6, 6.07) is 17.0. The SMILES string of the molecule is COc1ccc(C(NC(=O)Cc2ccccc2)c2nccn2C)cc1. The molecule has 1 heterocycles. The molecule has 0 aliphatic rings. The highest BCUT2D eigenvalue weighted by Crippen LogP contribution is 2.23. The Hall–Kier alpha value is -3.08. The number of hydrogen-bond acceptors (Lipinski definition) is 3. The smallest absolute Gasteiger partial charge is 0.225 e. The van der Waals surface area contributed by atoms with Crippen LogP contribution in [0.15, 0.2) is 67.0 Å². The zero-order valence-corrected chi connectivity index (χ0v) is 14.3. The molecule has 1 aromatic heterocycles. The summed E-state index contributed by atoms with van der Waals surface area (Å²) in [5, 5.41) is 3.10. The van der Waals surface area contributed by atoms with Gasteiger partial charge in [-0.15, -0.1) is 0 Å². The largest absolute Gasteiger partial charge is 0.497 e. The molecule has 5 heteroatoms. The Labute approximate surface area is 147 Å². The van der Waals surface area contributed by atoms with Crippen molar-refractivity contribution >= 4 is 5.91 Å². The van der Waals surface area contributed by atoms with Crippen molar-refractivity contribution in [2.75, 3.05) is 7.11 Å². The third-order valence-corrected chi connectivity index (χ3v) is 4.08. The van der Waals surface area contributed by atoms with E-state index in [1.165, 1.54) is 0 Å². The second-order valence-electron chi connectivity index (χ2n) is 5.83. The van der Waals surface area contributed by atoms with Gasteiger partial charge >= 0.3 is 0 Å². The van der Waals surface area contributed by atoms with Gasteiger partial charge in [0, 0.05) is 19.4 Å². The Morgan fingerprint density at radius 3 is 2.48 bits per heavy atom. The molecule has 1 amide bonds. The van der Waals surface area contributed by atoms with Crippen LogP contribution in [0.2, 0.25) is 0 Å². The summed E-state index contributed by atoms with van der Waals surface area (Å²) in [5.41, 5.74) is 1.94. The summed E-state index contributed by atoms with van der Waals surface area (Å²) >= 11 is 0. The molecular weight excluding hydrogens is 314 g/mol. The first kappa shape index (κ1) is 16.8. The van der Waals surface area contributed by atoms with Gasteiger partial charge in [0.15, 0.2) is 0 Å². The second kappa shape index (κ2) is 7.66. The van der Waals surface area contributed by atoms with Crippen molar-refractivity contribution in [1.82, 2.24) is 14.9 Å². The molecule has 0 radical (unpaired) electrons. The Morgan fingerprint density at radius 2 is 1.88 bits per heavy atom. The third-order valence-electron chi connectivity index (χ3n) is 4.08. The molecule has 0 saturated carbocycles. The number of imidazole rings is 1. The molecule has 0 aliphatic heterocycles. The van der Waals surface area contributed by atoms with Gasteiger partial charge in [0.2, 0.25) is 5.91 Å². The number of ether oxygens (including phenoxy) is 1. The molecule has 1 unspecified atom stereocenters. The van der Waals surface area contributed by atoms with E-state index in [-0.39, 0.29) is 11.9 Å². The lowest BCUT2D eigenvalue weighted by Crippen LogP contribution is -2.32. The maximum absolute atomic E-state index is 12.6. The third kappa shape index (κ3) is 4.07. The molecule has 5 nitrogen and oxygen atoms in total. The molecule has 1 N–H and O–H groups in total. The van der Waals surface area contributed by atoms with Gasteiger partial charge < -0.3 is 14.6 Å². The van der Waals surface area contributed by atoms with Crippen LogP contribution in [0.4, 0.5) is 0 Å². The number of methoxy groups -OCH3 is 1. The summed E-state index contributed by atoms with van der Waals surface area (Å²) in [4.78, 5) is 17.0. The Balaban J connectivity index is 1.83. The monoisotopic (exact) mass is 335 g/mol. The van der Waals surface area contributed by atoms with Gasteiger partial charge in [0.05, 0.1) is 13.5 Å². The minimum atomic E-state index is -0.317. The van der Waals surface area contributed by atoms with E-state index < -0.39 is 0 Å². The number of carbonyl (C=O) groups excluding carboxylic acids is 1. The van der Waals surface area contributed by atoms with Crippen LogP contribution in [0.5, 0.6) is 5.75 Å². The van der Waals surface area contributed by atoms with Gasteiger partial charge in [-0.25, -0.2) is 4.98 Å². The van der Waals surface area contributed by atoms with Crippen molar-refractivity contribution < 1.29 is 9.53 Å². The minimum Gasteiger partial charge on any atom is -0.497 e. The maximum Gasteiger partial charge on any atom is 0.225 e. The van der Waals surface area contributed by atoms with Crippen LogP contribution in [0.3, 0.4) is 0 Å². The molecule has 3 rings (SSSR count). The predicted molar refractivity (Wildman–Crippen MR) is 96.3 cm³/mol. The average Bonchev–Trinajstić information content (AvgIpc) is 3.06. The van der Waals surface area contributed by atoms with Gasteiger partial charge in [-0.2, -0.15) is 0 Å². The lowest BCUT2D eigenvalue weighted by Gasteiger charge is -2.19.